The predicted molar refractivity (Wildman–Crippen MR) is 75.1 cm³/mol. The first-order chi connectivity index (χ1) is 8.76. The van der Waals surface area contributed by atoms with Gasteiger partial charge in [0.15, 0.2) is 0 Å². The van der Waals surface area contributed by atoms with Crippen molar-refractivity contribution in [2.24, 2.45) is 11.7 Å². The van der Waals surface area contributed by atoms with Crippen LogP contribution in [0.4, 0.5) is 0 Å². The average molecular weight is 247 g/mol. The Bertz CT molecular complexity index is 355. The first kappa shape index (κ1) is 13.5. The van der Waals surface area contributed by atoms with Gasteiger partial charge in [0.05, 0.1) is 0 Å². The summed E-state index contributed by atoms with van der Waals surface area (Å²) in [5, 5.41) is 0. The van der Waals surface area contributed by atoms with Gasteiger partial charge in [0.25, 0.3) is 0 Å². The van der Waals surface area contributed by atoms with Gasteiger partial charge in [0, 0.05) is 31.0 Å². The lowest BCUT2D eigenvalue weighted by Crippen LogP contribution is -2.54. The van der Waals surface area contributed by atoms with E-state index in [2.05, 4.69) is 35.9 Å². The lowest BCUT2D eigenvalue weighted by molar-refractivity contribution is 0.0657. The van der Waals surface area contributed by atoms with Gasteiger partial charge in [0.2, 0.25) is 0 Å². The van der Waals surface area contributed by atoms with Gasteiger partial charge in [-0.3, -0.25) is 9.88 Å². The molecule has 2 N–H and O–H groups in total. The van der Waals surface area contributed by atoms with Crippen LogP contribution in [-0.2, 0) is 6.54 Å². The standard InChI is InChI=1S/C15H25N3/c1-3-15(12-16,14-5-6-14)18(4-2)11-13-7-9-17-10-8-13/h7-10,14H,3-6,11-12,16H2,1-2H3. The zero-order chi connectivity index (χ0) is 13.0. The molecule has 3 nitrogen and oxygen atoms in total. The third-order valence-electron chi connectivity index (χ3n) is 4.44. The molecule has 0 spiro atoms. The second kappa shape index (κ2) is 5.81. The number of likely N-dealkylation sites (N-methyl/N-ethyl adjacent to an activating group) is 1. The Morgan fingerprint density at radius 2 is 2.00 bits per heavy atom. The van der Waals surface area contributed by atoms with Crippen LogP contribution in [0.5, 0.6) is 0 Å². The van der Waals surface area contributed by atoms with Crippen molar-refractivity contribution in [1.82, 2.24) is 9.88 Å². The van der Waals surface area contributed by atoms with Gasteiger partial charge in [0.1, 0.15) is 0 Å². The van der Waals surface area contributed by atoms with Crippen molar-refractivity contribution in [3.63, 3.8) is 0 Å². The Hall–Kier alpha value is -0.930. The van der Waals surface area contributed by atoms with E-state index in [0.29, 0.717) is 0 Å². The van der Waals surface area contributed by atoms with E-state index < -0.39 is 0 Å². The second-order valence-electron chi connectivity index (χ2n) is 5.31. The predicted octanol–water partition coefficient (Wildman–Crippen LogP) is 2.42. The Morgan fingerprint density at radius 1 is 1.33 bits per heavy atom. The molecule has 1 saturated carbocycles. The van der Waals surface area contributed by atoms with Gasteiger partial charge in [-0.05, 0) is 49.4 Å². The highest BCUT2D eigenvalue weighted by molar-refractivity contribution is 5.12. The molecule has 0 radical (unpaired) electrons. The van der Waals surface area contributed by atoms with Crippen molar-refractivity contribution in [1.29, 1.82) is 0 Å². The van der Waals surface area contributed by atoms with E-state index in [1.165, 1.54) is 18.4 Å². The number of nitrogens with two attached hydrogens (primary N) is 1. The molecule has 2 rings (SSSR count). The van der Waals surface area contributed by atoms with Crippen LogP contribution in [-0.4, -0.2) is 28.5 Å². The number of pyridine rings is 1. The largest absolute Gasteiger partial charge is 0.329 e. The summed E-state index contributed by atoms with van der Waals surface area (Å²) in [6, 6.07) is 4.21. The van der Waals surface area contributed by atoms with Crippen molar-refractivity contribution < 1.29 is 0 Å². The highest BCUT2D eigenvalue weighted by atomic mass is 15.2. The molecular weight excluding hydrogens is 222 g/mol. The van der Waals surface area contributed by atoms with Gasteiger partial charge < -0.3 is 5.73 Å². The van der Waals surface area contributed by atoms with E-state index in [4.69, 9.17) is 5.73 Å². The first-order valence-corrected chi connectivity index (χ1v) is 7.10. The summed E-state index contributed by atoms with van der Waals surface area (Å²) < 4.78 is 0. The summed E-state index contributed by atoms with van der Waals surface area (Å²) in [5.74, 6) is 0.800. The molecule has 0 bridgehead atoms. The maximum atomic E-state index is 6.14. The molecule has 3 heteroatoms. The quantitative estimate of drug-likeness (QED) is 0.804. The third kappa shape index (κ3) is 2.57. The fraction of sp³-hybridized carbons (Fsp3) is 0.667. The zero-order valence-corrected chi connectivity index (χ0v) is 11.6. The summed E-state index contributed by atoms with van der Waals surface area (Å²) >= 11 is 0. The number of rotatable bonds is 7. The Morgan fingerprint density at radius 3 is 2.44 bits per heavy atom. The molecular formula is C15H25N3. The lowest BCUT2D eigenvalue weighted by atomic mass is 9.87. The Kier molecular flexibility index (Phi) is 4.36. The van der Waals surface area contributed by atoms with Crippen molar-refractivity contribution >= 4 is 0 Å². The minimum absolute atomic E-state index is 0.206. The highest BCUT2D eigenvalue weighted by Gasteiger charge is 2.46. The summed E-state index contributed by atoms with van der Waals surface area (Å²) in [6.45, 7) is 7.33. The maximum absolute atomic E-state index is 6.14. The van der Waals surface area contributed by atoms with Crippen LogP contribution < -0.4 is 5.73 Å². The lowest BCUT2D eigenvalue weighted by Gasteiger charge is -2.43. The van der Waals surface area contributed by atoms with Crippen LogP contribution >= 0.6 is 0 Å². The van der Waals surface area contributed by atoms with Crippen LogP contribution in [0.25, 0.3) is 0 Å². The first-order valence-electron chi connectivity index (χ1n) is 7.10. The van der Waals surface area contributed by atoms with Crippen LogP contribution in [0.15, 0.2) is 24.5 Å². The third-order valence-corrected chi connectivity index (χ3v) is 4.44. The van der Waals surface area contributed by atoms with Crippen LogP contribution in [0.2, 0.25) is 0 Å². The highest BCUT2D eigenvalue weighted by Crippen LogP contribution is 2.45. The number of nitrogens with zero attached hydrogens (tertiary/aromatic N) is 2. The van der Waals surface area contributed by atoms with Gasteiger partial charge >= 0.3 is 0 Å². The van der Waals surface area contributed by atoms with Crippen LogP contribution in [0.1, 0.15) is 38.7 Å². The van der Waals surface area contributed by atoms with Crippen molar-refractivity contribution in [2.45, 2.75) is 45.2 Å². The molecule has 1 aliphatic carbocycles. The topological polar surface area (TPSA) is 42.2 Å². The molecule has 0 amide bonds. The van der Waals surface area contributed by atoms with E-state index in [1.54, 1.807) is 0 Å². The fourth-order valence-electron chi connectivity index (χ4n) is 3.12. The van der Waals surface area contributed by atoms with Gasteiger partial charge in [-0.15, -0.1) is 0 Å². The van der Waals surface area contributed by atoms with Gasteiger partial charge in [-0.25, -0.2) is 0 Å². The summed E-state index contributed by atoms with van der Waals surface area (Å²) in [4.78, 5) is 6.65. The zero-order valence-electron chi connectivity index (χ0n) is 11.6. The van der Waals surface area contributed by atoms with Crippen molar-refractivity contribution in [3.8, 4) is 0 Å². The molecule has 1 unspecified atom stereocenters. The molecule has 0 aromatic carbocycles. The monoisotopic (exact) mass is 247 g/mol. The van der Waals surface area contributed by atoms with E-state index in [1.807, 2.05) is 12.4 Å². The SMILES string of the molecule is CCN(Cc1ccncc1)C(CC)(CN)C1CC1. The van der Waals surface area contributed by atoms with E-state index in [0.717, 1.165) is 32.0 Å². The van der Waals surface area contributed by atoms with Gasteiger partial charge in [-0.2, -0.15) is 0 Å². The second-order valence-corrected chi connectivity index (χ2v) is 5.31. The van der Waals surface area contributed by atoms with Crippen molar-refractivity contribution in [2.75, 3.05) is 13.1 Å². The molecule has 1 aromatic heterocycles. The van der Waals surface area contributed by atoms with E-state index in [9.17, 15) is 0 Å². The number of hydrogen-bond acceptors (Lipinski definition) is 3. The molecule has 18 heavy (non-hydrogen) atoms. The Labute approximate surface area is 110 Å². The molecule has 1 aliphatic rings. The molecule has 100 valence electrons. The average Bonchev–Trinajstić information content (AvgIpc) is 3.25. The number of hydrogen-bond donors (Lipinski definition) is 1. The summed E-state index contributed by atoms with van der Waals surface area (Å²) in [6.07, 6.45) is 7.58. The molecule has 1 atom stereocenters. The van der Waals surface area contributed by atoms with Crippen LogP contribution in [0.3, 0.4) is 0 Å². The van der Waals surface area contributed by atoms with E-state index in [-0.39, 0.29) is 5.54 Å². The molecule has 0 saturated heterocycles. The maximum Gasteiger partial charge on any atom is 0.0360 e. The fourth-order valence-corrected chi connectivity index (χ4v) is 3.12. The number of aromatic nitrogens is 1. The summed E-state index contributed by atoms with van der Waals surface area (Å²) in [7, 11) is 0. The van der Waals surface area contributed by atoms with Gasteiger partial charge in [-0.1, -0.05) is 13.8 Å². The molecule has 1 heterocycles. The van der Waals surface area contributed by atoms with E-state index >= 15 is 0 Å². The minimum atomic E-state index is 0.206. The summed E-state index contributed by atoms with van der Waals surface area (Å²) in [5.41, 5.74) is 7.67. The normalized spacial score (nSPS) is 18.9. The van der Waals surface area contributed by atoms with Crippen molar-refractivity contribution in [3.05, 3.63) is 30.1 Å². The smallest absolute Gasteiger partial charge is 0.0360 e. The molecule has 1 fully saturated rings. The van der Waals surface area contributed by atoms with Crippen LogP contribution in [0, 0.1) is 5.92 Å². The Balaban J connectivity index is 2.15. The molecule has 1 aromatic rings. The minimum Gasteiger partial charge on any atom is -0.329 e. The molecule has 0 aliphatic heterocycles.